The van der Waals surface area contributed by atoms with E-state index in [0.29, 0.717) is 12.6 Å². The number of piperidine rings is 1. The highest BCUT2D eigenvalue weighted by molar-refractivity contribution is 7.10. The number of rotatable bonds is 5. The molecule has 2 atom stereocenters. The Morgan fingerprint density at radius 1 is 1.17 bits per heavy atom. The third kappa shape index (κ3) is 4.80. The van der Waals surface area contributed by atoms with Gasteiger partial charge in [0.25, 0.3) is 0 Å². The molecule has 2 aliphatic heterocycles. The van der Waals surface area contributed by atoms with E-state index in [4.69, 9.17) is 0 Å². The smallest absolute Gasteiger partial charge is 0.236 e. The Hall–Kier alpha value is -0.910. The molecule has 2 saturated heterocycles. The van der Waals surface area contributed by atoms with Gasteiger partial charge in [-0.05, 0) is 56.5 Å². The van der Waals surface area contributed by atoms with Crippen molar-refractivity contribution < 1.29 is 9.90 Å². The summed E-state index contributed by atoms with van der Waals surface area (Å²) in [5.74, 6) is 0.284. The molecule has 24 heavy (non-hydrogen) atoms. The van der Waals surface area contributed by atoms with Gasteiger partial charge in [0.1, 0.15) is 0 Å². The summed E-state index contributed by atoms with van der Waals surface area (Å²) in [5, 5.41) is 12.6. The second-order valence-electron chi connectivity index (χ2n) is 7.18. The molecular formula is C19H30N2O2S. The Morgan fingerprint density at radius 2 is 1.92 bits per heavy atom. The third-order valence-electron chi connectivity index (χ3n) is 5.41. The van der Waals surface area contributed by atoms with E-state index in [9.17, 15) is 9.90 Å². The van der Waals surface area contributed by atoms with Crippen LogP contribution in [0.3, 0.4) is 0 Å². The maximum absolute atomic E-state index is 12.7. The molecule has 0 bridgehead atoms. The first kappa shape index (κ1) is 17.9. The number of nitrogens with zero attached hydrogens (tertiary/aromatic N) is 2. The molecule has 1 N–H and O–H groups in total. The van der Waals surface area contributed by atoms with Crippen LogP contribution in [-0.4, -0.2) is 53.0 Å². The summed E-state index contributed by atoms with van der Waals surface area (Å²) >= 11 is 1.62. The van der Waals surface area contributed by atoms with Gasteiger partial charge in [-0.25, -0.2) is 0 Å². The molecule has 0 aliphatic carbocycles. The number of carbonyl (C=O) groups excluding carboxylic acids is 1. The van der Waals surface area contributed by atoms with Crippen molar-refractivity contribution >= 4 is 17.2 Å². The molecule has 2 aliphatic rings. The molecule has 1 amide bonds. The lowest BCUT2D eigenvalue weighted by molar-refractivity contribution is -0.134. The second-order valence-corrected chi connectivity index (χ2v) is 8.16. The topological polar surface area (TPSA) is 43.8 Å². The van der Waals surface area contributed by atoms with E-state index in [0.717, 1.165) is 50.2 Å². The first-order valence-corrected chi connectivity index (χ1v) is 10.4. The monoisotopic (exact) mass is 350 g/mol. The van der Waals surface area contributed by atoms with Crippen molar-refractivity contribution in [1.29, 1.82) is 0 Å². The summed E-state index contributed by atoms with van der Waals surface area (Å²) in [6.07, 6.45) is 8.58. The predicted octanol–water partition coefficient (Wildman–Crippen LogP) is 3.43. The van der Waals surface area contributed by atoms with Crippen LogP contribution in [0.2, 0.25) is 0 Å². The number of hydrogen-bond donors (Lipinski definition) is 1. The Labute approximate surface area is 149 Å². The van der Waals surface area contributed by atoms with Crippen molar-refractivity contribution in [3.8, 4) is 0 Å². The zero-order chi connectivity index (χ0) is 16.8. The molecule has 134 valence electrons. The third-order valence-corrected chi connectivity index (χ3v) is 6.39. The van der Waals surface area contributed by atoms with E-state index in [-0.39, 0.29) is 5.91 Å². The zero-order valence-corrected chi connectivity index (χ0v) is 15.3. The van der Waals surface area contributed by atoms with Gasteiger partial charge in [-0.15, -0.1) is 11.3 Å². The van der Waals surface area contributed by atoms with E-state index in [1.54, 1.807) is 11.3 Å². The van der Waals surface area contributed by atoms with Crippen molar-refractivity contribution in [2.75, 3.05) is 26.2 Å². The molecule has 0 spiro atoms. The maximum Gasteiger partial charge on any atom is 0.236 e. The van der Waals surface area contributed by atoms with Crippen LogP contribution in [0.1, 0.15) is 62.3 Å². The van der Waals surface area contributed by atoms with Crippen LogP contribution in [0.5, 0.6) is 0 Å². The van der Waals surface area contributed by atoms with E-state index < -0.39 is 6.10 Å². The van der Waals surface area contributed by atoms with Gasteiger partial charge < -0.3 is 10.0 Å². The minimum Gasteiger partial charge on any atom is -0.388 e. The van der Waals surface area contributed by atoms with Crippen molar-refractivity contribution in [3.05, 3.63) is 22.4 Å². The largest absolute Gasteiger partial charge is 0.388 e. The van der Waals surface area contributed by atoms with Crippen LogP contribution in [0.4, 0.5) is 0 Å². The van der Waals surface area contributed by atoms with Crippen LogP contribution in [0, 0.1) is 0 Å². The summed E-state index contributed by atoms with van der Waals surface area (Å²) in [5.41, 5.74) is 0. The van der Waals surface area contributed by atoms with Crippen LogP contribution in [0.25, 0.3) is 0 Å². The van der Waals surface area contributed by atoms with Gasteiger partial charge in [0.2, 0.25) is 5.91 Å². The molecule has 1 aromatic rings. The normalized spacial score (nSPS) is 24.5. The average molecular weight is 351 g/mol. The van der Waals surface area contributed by atoms with Crippen molar-refractivity contribution in [3.63, 3.8) is 0 Å². The molecule has 1 aromatic heterocycles. The van der Waals surface area contributed by atoms with Crippen LogP contribution < -0.4 is 0 Å². The number of aliphatic hydroxyl groups is 1. The fraction of sp³-hybridized carbons (Fsp3) is 0.737. The van der Waals surface area contributed by atoms with E-state index in [1.807, 2.05) is 22.4 Å². The van der Waals surface area contributed by atoms with Crippen LogP contribution in [0.15, 0.2) is 17.5 Å². The number of thiophene rings is 1. The van der Waals surface area contributed by atoms with Gasteiger partial charge in [0.15, 0.2) is 0 Å². The Kier molecular flexibility index (Phi) is 6.69. The number of amides is 1. The number of carbonyl (C=O) groups is 1. The van der Waals surface area contributed by atoms with Crippen LogP contribution in [-0.2, 0) is 4.79 Å². The minimum atomic E-state index is -0.402. The highest BCUT2D eigenvalue weighted by Gasteiger charge is 2.28. The van der Waals surface area contributed by atoms with Crippen molar-refractivity contribution in [2.45, 2.75) is 63.5 Å². The van der Waals surface area contributed by atoms with Crippen molar-refractivity contribution in [2.24, 2.45) is 0 Å². The molecular weight excluding hydrogens is 320 g/mol. The molecule has 3 heterocycles. The Morgan fingerprint density at radius 3 is 2.67 bits per heavy atom. The molecule has 5 heteroatoms. The lowest BCUT2D eigenvalue weighted by atomic mass is 10.0. The summed E-state index contributed by atoms with van der Waals surface area (Å²) in [4.78, 5) is 18.1. The Balaban J connectivity index is 1.60. The fourth-order valence-electron chi connectivity index (χ4n) is 3.98. The standard InChI is InChI=1S/C19H30N2O2S/c22-17(18-9-7-13-24-18)14-16-8-3-1-4-12-21(16)15-19(23)20-10-5-2-6-11-20/h7,9,13,16-17,22H,1-6,8,10-12,14-15H2/t16-,17-/m0/s1. The van der Waals surface area contributed by atoms with E-state index >= 15 is 0 Å². The number of aliphatic hydroxyl groups excluding tert-OH is 1. The first-order chi connectivity index (χ1) is 11.7. The van der Waals surface area contributed by atoms with E-state index in [2.05, 4.69) is 4.90 Å². The minimum absolute atomic E-state index is 0.284. The summed E-state index contributed by atoms with van der Waals surface area (Å²) < 4.78 is 0. The van der Waals surface area contributed by atoms with Gasteiger partial charge in [-0.1, -0.05) is 18.9 Å². The van der Waals surface area contributed by atoms with Crippen LogP contribution >= 0.6 is 11.3 Å². The lowest BCUT2D eigenvalue weighted by Crippen LogP contribution is -2.46. The predicted molar refractivity (Wildman–Crippen MR) is 98.2 cm³/mol. The van der Waals surface area contributed by atoms with Crippen molar-refractivity contribution in [1.82, 2.24) is 9.80 Å². The molecule has 0 saturated carbocycles. The highest BCUT2D eigenvalue weighted by atomic mass is 32.1. The first-order valence-electron chi connectivity index (χ1n) is 9.47. The van der Waals surface area contributed by atoms with Gasteiger partial charge in [-0.3, -0.25) is 9.69 Å². The second kappa shape index (κ2) is 8.97. The van der Waals surface area contributed by atoms with Gasteiger partial charge in [-0.2, -0.15) is 0 Å². The molecule has 0 unspecified atom stereocenters. The van der Waals surface area contributed by atoms with Gasteiger partial charge in [0.05, 0.1) is 12.6 Å². The Bertz CT molecular complexity index is 499. The molecule has 0 radical (unpaired) electrons. The molecule has 4 nitrogen and oxygen atoms in total. The zero-order valence-electron chi connectivity index (χ0n) is 14.5. The summed E-state index contributed by atoms with van der Waals surface area (Å²) in [6, 6.07) is 4.32. The van der Waals surface area contributed by atoms with E-state index in [1.165, 1.54) is 25.7 Å². The highest BCUT2D eigenvalue weighted by Crippen LogP contribution is 2.28. The van der Waals surface area contributed by atoms with Gasteiger partial charge >= 0.3 is 0 Å². The quantitative estimate of drug-likeness (QED) is 0.885. The SMILES string of the molecule is O=C(CN1CCCCC[C@H]1C[C@H](O)c1cccs1)N1CCCCC1. The molecule has 0 aromatic carbocycles. The summed E-state index contributed by atoms with van der Waals surface area (Å²) in [7, 11) is 0. The molecule has 3 rings (SSSR count). The number of hydrogen-bond acceptors (Lipinski definition) is 4. The number of likely N-dealkylation sites (tertiary alicyclic amines) is 2. The molecule has 2 fully saturated rings. The summed E-state index contributed by atoms with van der Waals surface area (Å²) in [6.45, 7) is 3.37. The fourth-order valence-corrected chi connectivity index (χ4v) is 4.71. The average Bonchev–Trinajstić information content (AvgIpc) is 3.07. The maximum atomic E-state index is 12.7. The van der Waals surface area contributed by atoms with Gasteiger partial charge in [0, 0.05) is 24.0 Å². The lowest BCUT2D eigenvalue weighted by Gasteiger charge is -2.34.